The van der Waals surface area contributed by atoms with Crippen LogP contribution < -0.4 is 15.2 Å². The third-order valence-corrected chi connectivity index (χ3v) is 3.74. The van der Waals surface area contributed by atoms with Gasteiger partial charge in [0.25, 0.3) is 0 Å². The van der Waals surface area contributed by atoms with E-state index in [1.807, 2.05) is 12.1 Å². The minimum Gasteiger partial charge on any atom is -0.493 e. The Morgan fingerprint density at radius 2 is 1.86 bits per heavy atom. The summed E-state index contributed by atoms with van der Waals surface area (Å²) in [6, 6.07) is 6.30. The summed E-state index contributed by atoms with van der Waals surface area (Å²) in [6.07, 6.45) is 3.95. The molecule has 2 atom stereocenters. The second-order valence-electron chi connectivity index (χ2n) is 5.81. The maximum Gasteiger partial charge on any atom is 0.126 e. The molecule has 2 unspecified atom stereocenters. The van der Waals surface area contributed by atoms with Crippen molar-refractivity contribution in [1.82, 2.24) is 0 Å². The van der Waals surface area contributed by atoms with Gasteiger partial charge < -0.3 is 15.2 Å². The van der Waals surface area contributed by atoms with Gasteiger partial charge in [-0.2, -0.15) is 0 Å². The molecular formula is C18H31NO2. The first-order valence-electron chi connectivity index (χ1n) is 8.24. The molecular weight excluding hydrogens is 262 g/mol. The molecule has 0 fully saturated rings. The Kier molecular flexibility index (Phi) is 8.21. The van der Waals surface area contributed by atoms with E-state index in [-0.39, 0.29) is 6.04 Å². The Hall–Kier alpha value is -1.22. The monoisotopic (exact) mass is 293 g/mol. The van der Waals surface area contributed by atoms with E-state index in [9.17, 15) is 0 Å². The lowest BCUT2D eigenvalue weighted by Crippen LogP contribution is -2.22. The number of ether oxygens (including phenoxy) is 2. The first kappa shape index (κ1) is 17.8. The van der Waals surface area contributed by atoms with E-state index < -0.39 is 0 Å². The first-order chi connectivity index (χ1) is 10.1. The molecule has 0 bridgehead atoms. The molecule has 0 radical (unpaired) electrons. The predicted molar refractivity (Wildman–Crippen MR) is 89.1 cm³/mol. The lowest BCUT2D eigenvalue weighted by atomic mass is 10.0. The van der Waals surface area contributed by atoms with Crippen molar-refractivity contribution in [3.63, 3.8) is 0 Å². The van der Waals surface area contributed by atoms with Crippen molar-refractivity contribution in [3.8, 4) is 11.5 Å². The van der Waals surface area contributed by atoms with E-state index in [1.54, 1.807) is 0 Å². The molecule has 0 spiro atoms. The van der Waals surface area contributed by atoms with Gasteiger partial charge in [-0.25, -0.2) is 0 Å². The Labute approximate surface area is 129 Å². The summed E-state index contributed by atoms with van der Waals surface area (Å²) in [7, 11) is 0. The highest BCUT2D eigenvalue weighted by Gasteiger charge is 2.11. The Bertz CT molecular complexity index is 406. The van der Waals surface area contributed by atoms with Crippen molar-refractivity contribution in [2.45, 2.75) is 59.4 Å². The maximum absolute atomic E-state index is 6.09. The van der Waals surface area contributed by atoms with Gasteiger partial charge in [-0.1, -0.05) is 40.2 Å². The predicted octanol–water partition coefficient (Wildman–Crippen LogP) is 4.18. The van der Waals surface area contributed by atoms with Gasteiger partial charge in [0.1, 0.15) is 11.5 Å². The van der Waals surface area contributed by atoms with E-state index in [2.05, 4.69) is 33.8 Å². The molecule has 0 aromatic heterocycles. The summed E-state index contributed by atoms with van der Waals surface area (Å²) in [5.74, 6) is 2.36. The molecule has 2 N–H and O–H groups in total. The van der Waals surface area contributed by atoms with E-state index in [1.165, 1.54) is 5.56 Å². The SMILES string of the molecule is CCCOc1ccc(CC(N)CC)c(OCC(C)CC)c1. The Morgan fingerprint density at radius 3 is 2.48 bits per heavy atom. The average molecular weight is 293 g/mol. The summed E-state index contributed by atoms with van der Waals surface area (Å²) < 4.78 is 11.7. The average Bonchev–Trinajstić information content (AvgIpc) is 2.51. The highest BCUT2D eigenvalue weighted by Crippen LogP contribution is 2.27. The summed E-state index contributed by atoms with van der Waals surface area (Å²) in [6.45, 7) is 10.1. The van der Waals surface area contributed by atoms with Crippen molar-refractivity contribution >= 4 is 0 Å². The van der Waals surface area contributed by atoms with Gasteiger partial charge in [0.05, 0.1) is 13.2 Å². The fourth-order valence-corrected chi connectivity index (χ4v) is 1.92. The summed E-state index contributed by atoms with van der Waals surface area (Å²) in [5, 5.41) is 0. The van der Waals surface area contributed by atoms with Crippen molar-refractivity contribution in [3.05, 3.63) is 23.8 Å². The third-order valence-electron chi connectivity index (χ3n) is 3.74. The molecule has 0 saturated heterocycles. The number of nitrogens with two attached hydrogens (primary N) is 1. The van der Waals surface area contributed by atoms with Crippen molar-refractivity contribution < 1.29 is 9.47 Å². The second kappa shape index (κ2) is 9.67. The first-order valence-corrected chi connectivity index (χ1v) is 8.24. The maximum atomic E-state index is 6.09. The van der Waals surface area contributed by atoms with Gasteiger partial charge in [-0.15, -0.1) is 0 Å². The minimum absolute atomic E-state index is 0.179. The van der Waals surface area contributed by atoms with Crippen LogP contribution in [0, 0.1) is 5.92 Å². The zero-order valence-corrected chi connectivity index (χ0v) is 14.0. The highest BCUT2D eigenvalue weighted by atomic mass is 16.5. The van der Waals surface area contributed by atoms with E-state index in [0.717, 1.165) is 50.4 Å². The standard InChI is InChI=1S/C18H31NO2/c1-5-10-20-17-9-8-15(11-16(19)7-3)18(12-17)21-13-14(4)6-2/h8-9,12,14,16H,5-7,10-11,13,19H2,1-4H3. The van der Waals surface area contributed by atoms with Gasteiger partial charge in [0, 0.05) is 12.1 Å². The quantitative estimate of drug-likeness (QED) is 0.704. The van der Waals surface area contributed by atoms with Gasteiger partial charge in [0.15, 0.2) is 0 Å². The number of hydrogen-bond acceptors (Lipinski definition) is 3. The fourth-order valence-electron chi connectivity index (χ4n) is 1.92. The molecule has 1 aromatic carbocycles. The number of hydrogen-bond donors (Lipinski definition) is 1. The van der Waals surface area contributed by atoms with Crippen molar-refractivity contribution in [2.75, 3.05) is 13.2 Å². The van der Waals surface area contributed by atoms with E-state index >= 15 is 0 Å². The lowest BCUT2D eigenvalue weighted by Gasteiger charge is -2.18. The molecule has 3 heteroatoms. The largest absolute Gasteiger partial charge is 0.493 e. The molecule has 0 saturated carbocycles. The summed E-state index contributed by atoms with van der Waals surface area (Å²) in [4.78, 5) is 0. The summed E-state index contributed by atoms with van der Waals surface area (Å²) in [5.41, 5.74) is 7.26. The smallest absolute Gasteiger partial charge is 0.126 e. The van der Waals surface area contributed by atoms with Gasteiger partial charge in [-0.3, -0.25) is 0 Å². The van der Waals surface area contributed by atoms with Crippen LogP contribution in [0.1, 0.15) is 52.5 Å². The molecule has 0 heterocycles. The van der Waals surface area contributed by atoms with Crippen LogP contribution in [-0.4, -0.2) is 19.3 Å². The van der Waals surface area contributed by atoms with Crippen molar-refractivity contribution in [2.24, 2.45) is 11.7 Å². The van der Waals surface area contributed by atoms with Crippen LogP contribution in [0.3, 0.4) is 0 Å². The zero-order valence-electron chi connectivity index (χ0n) is 14.0. The Morgan fingerprint density at radius 1 is 1.10 bits per heavy atom. The van der Waals surface area contributed by atoms with Crippen LogP contribution in [0.25, 0.3) is 0 Å². The van der Waals surface area contributed by atoms with Crippen LogP contribution in [0.2, 0.25) is 0 Å². The minimum atomic E-state index is 0.179. The fraction of sp³-hybridized carbons (Fsp3) is 0.667. The van der Waals surface area contributed by atoms with E-state index in [4.69, 9.17) is 15.2 Å². The number of benzene rings is 1. The van der Waals surface area contributed by atoms with Gasteiger partial charge >= 0.3 is 0 Å². The van der Waals surface area contributed by atoms with E-state index in [0.29, 0.717) is 5.92 Å². The molecule has 1 aromatic rings. The molecule has 3 nitrogen and oxygen atoms in total. The molecule has 0 aliphatic rings. The topological polar surface area (TPSA) is 44.5 Å². The molecule has 120 valence electrons. The van der Waals surface area contributed by atoms with Crippen LogP contribution >= 0.6 is 0 Å². The Balaban J connectivity index is 2.83. The van der Waals surface area contributed by atoms with Gasteiger partial charge in [-0.05, 0) is 36.8 Å². The van der Waals surface area contributed by atoms with Crippen molar-refractivity contribution in [1.29, 1.82) is 0 Å². The number of rotatable bonds is 10. The molecule has 21 heavy (non-hydrogen) atoms. The summed E-state index contributed by atoms with van der Waals surface area (Å²) >= 11 is 0. The van der Waals surface area contributed by atoms with Crippen LogP contribution in [0.15, 0.2) is 18.2 Å². The lowest BCUT2D eigenvalue weighted by molar-refractivity contribution is 0.251. The zero-order chi connectivity index (χ0) is 15.7. The molecule has 0 aliphatic heterocycles. The molecule has 1 rings (SSSR count). The highest BCUT2D eigenvalue weighted by molar-refractivity contribution is 5.41. The normalized spacial score (nSPS) is 13.8. The second-order valence-corrected chi connectivity index (χ2v) is 5.81. The van der Waals surface area contributed by atoms with Crippen LogP contribution in [0.4, 0.5) is 0 Å². The van der Waals surface area contributed by atoms with Crippen LogP contribution in [0.5, 0.6) is 11.5 Å². The van der Waals surface area contributed by atoms with Crippen LogP contribution in [-0.2, 0) is 6.42 Å². The van der Waals surface area contributed by atoms with Gasteiger partial charge in [0.2, 0.25) is 0 Å². The molecule has 0 aliphatic carbocycles. The third kappa shape index (κ3) is 6.38. The molecule has 0 amide bonds.